The highest BCUT2D eigenvalue weighted by molar-refractivity contribution is 5.06. The Morgan fingerprint density at radius 2 is 1.96 bits per heavy atom. The number of rotatable bonds is 6. The Hall–Kier alpha value is -1.76. The van der Waals surface area contributed by atoms with Crippen LogP contribution in [0.3, 0.4) is 0 Å². The summed E-state index contributed by atoms with van der Waals surface area (Å²) < 4.78 is 11.3. The summed E-state index contributed by atoms with van der Waals surface area (Å²) in [7, 11) is 0. The van der Waals surface area contributed by atoms with Gasteiger partial charge >= 0.3 is 0 Å². The summed E-state index contributed by atoms with van der Waals surface area (Å²) in [5.41, 5.74) is 0. The molecule has 2 fully saturated rings. The number of aromatic nitrogens is 4. The normalized spacial score (nSPS) is 23.3. The van der Waals surface area contributed by atoms with Gasteiger partial charge < -0.3 is 8.94 Å². The van der Waals surface area contributed by atoms with Gasteiger partial charge in [0.25, 0.3) is 0 Å². The van der Waals surface area contributed by atoms with Crippen molar-refractivity contribution in [1.82, 2.24) is 25.2 Å². The molecular weight excluding hydrogens is 318 g/mol. The molecule has 0 unspecified atom stereocenters. The highest BCUT2D eigenvalue weighted by Gasteiger charge is 2.33. The van der Waals surface area contributed by atoms with E-state index in [1.165, 1.54) is 12.8 Å². The van der Waals surface area contributed by atoms with Crippen LogP contribution in [0.1, 0.15) is 87.8 Å². The summed E-state index contributed by atoms with van der Waals surface area (Å²) in [6.45, 7) is 8.40. The second-order valence-corrected chi connectivity index (χ2v) is 7.91. The zero-order valence-corrected chi connectivity index (χ0v) is 15.3. The molecule has 0 spiro atoms. The third-order valence-corrected chi connectivity index (χ3v) is 5.17. The van der Waals surface area contributed by atoms with E-state index >= 15 is 0 Å². The fourth-order valence-electron chi connectivity index (χ4n) is 3.50. The molecule has 2 aromatic heterocycles. The second kappa shape index (κ2) is 6.86. The maximum absolute atomic E-state index is 5.88. The summed E-state index contributed by atoms with van der Waals surface area (Å²) >= 11 is 0. The molecule has 0 amide bonds. The van der Waals surface area contributed by atoms with Gasteiger partial charge in [-0.15, -0.1) is 10.2 Å². The van der Waals surface area contributed by atoms with Crippen molar-refractivity contribution in [1.29, 1.82) is 0 Å². The molecule has 0 radical (unpaired) electrons. The fourth-order valence-corrected chi connectivity index (χ4v) is 3.50. The summed E-state index contributed by atoms with van der Waals surface area (Å²) in [5, 5.41) is 12.7. The van der Waals surface area contributed by atoms with E-state index in [9.17, 15) is 0 Å². The van der Waals surface area contributed by atoms with Gasteiger partial charge in [0.1, 0.15) is 0 Å². The number of likely N-dealkylation sites (tertiary alicyclic amines) is 1. The van der Waals surface area contributed by atoms with Crippen molar-refractivity contribution >= 4 is 0 Å². The lowest BCUT2D eigenvalue weighted by molar-refractivity contribution is 0.134. The SMILES string of the molecule is CC(C)Cc1nnc([C@H](C)N2CCC[C@H](c3noc(C4CC4)n3)C2)o1. The van der Waals surface area contributed by atoms with Crippen molar-refractivity contribution in [2.24, 2.45) is 5.92 Å². The van der Waals surface area contributed by atoms with E-state index in [1.54, 1.807) is 0 Å². The first-order valence-electron chi connectivity index (χ1n) is 9.50. The van der Waals surface area contributed by atoms with E-state index in [4.69, 9.17) is 8.94 Å². The van der Waals surface area contributed by atoms with Crippen LogP contribution in [0.4, 0.5) is 0 Å². The van der Waals surface area contributed by atoms with Gasteiger partial charge in [-0.25, -0.2) is 0 Å². The first-order valence-corrected chi connectivity index (χ1v) is 9.50. The average Bonchev–Trinajstić information content (AvgIpc) is 3.15. The van der Waals surface area contributed by atoms with E-state index in [-0.39, 0.29) is 6.04 Å². The standard InChI is InChI=1S/C18H27N5O2/c1-11(2)9-15-20-21-17(24-15)12(3)23-8-4-5-14(10-23)16-19-18(25-22-16)13-6-7-13/h11-14H,4-10H2,1-3H3/t12-,14-/m0/s1. The predicted molar refractivity (Wildman–Crippen MR) is 91.1 cm³/mol. The van der Waals surface area contributed by atoms with Crippen LogP contribution in [0, 0.1) is 5.92 Å². The van der Waals surface area contributed by atoms with Crippen LogP contribution >= 0.6 is 0 Å². The maximum Gasteiger partial charge on any atom is 0.233 e. The maximum atomic E-state index is 5.88. The molecule has 2 aromatic rings. The van der Waals surface area contributed by atoms with E-state index in [2.05, 4.69) is 46.0 Å². The van der Waals surface area contributed by atoms with Gasteiger partial charge in [0.2, 0.25) is 17.7 Å². The minimum atomic E-state index is 0.117. The molecule has 0 N–H and O–H groups in total. The van der Waals surface area contributed by atoms with Gasteiger partial charge in [0.15, 0.2) is 5.82 Å². The highest BCUT2D eigenvalue weighted by Crippen LogP contribution is 2.40. The third-order valence-electron chi connectivity index (χ3n) is 5.17. The van der Waals surface area contributed by atoms with Crippen LogP contribution < -0.4 is 0 Å². The first-order chi connectivity index (χ1) is 12.1. The molecule has 3 heterocycles. The molecule has 1 saturated carbocycles. The van der Waals surface area contributed by atoms with Crippen molar-refractivity contribution in [2.45, 2.75) is 70.8 Å². The van der Waals surface area contributed by atoms with Crippen LogP contribution in [0.15, 0.2) is 8.94 Å². The minimum Gasteiger partial charge on any atom is -0.424 e. The van der Waals surface area contributed by atoms with Gasteiger partial charge in [-0.3, -0.25) is 4.90 Å². The zero-order chi connectivity index (χ0) is 17.4. The van der Waals surface area contributed by atoms with Crippen LogP contribution in [-0.4, -0.2) is 38.3 Å². The van der Waals surface area contributed by atoms with Gasteiger partial charge in [-0.2, -0.15) is 4.98 Å². The number of nitrogens with zero attached hydrogens (tertiary/aromatic N) is 5. The van der Waals surface area contributed by atoms with Crippen LogP contribution in [0.5, 0.6) is 0 Å². The Balaban J connectivity index is 1.41. The van der Waals surface area contributed by atoms with E-state index in [0.29, 0.717) is 23.6 Å². The summed E-state index contributed by atoms with van der Waals surface area (Å²) in [4.78, 5) is 7.04. The van der Waals surface area contributed by atoms with E-state index in [0.717, 1.165) is 50.0 Å². The lowest BCUT2D eigenvalue weighted by Gasteiger charge is -2.34. The molecule has 7 heteroatoms. The van der Waals surface area contributed by atoms with E-state index in [1.807, 2.05) is 0 Å². The lowest BCUT2D eigenvalue weighted by Crippen LogP contribution is -2.36. The number of hydrogen-bond donors (Lipinski definition) is 0. The Labute approximate surface area is 148 Å². The van der Waals surface area contributed by atoms with Crippen molar-refractivity contribution in [3.63, 3.8) is 0 Å². The molecule has 4 rings (SSSR count). The fraction of sp³-hybridized carbons (Fsp3) is 0.778. The molecule has 0 bridgehead atoms. The molecule has 2 atom stereocenters. The van der Waals surface area contributed by atoms with Crippen LogP contribution in [-0.2, 0) is 6.42 Å². The van der Waals surface area contributed by atoms with E-state index < -0.39 is 0 Å². The van der Waals surface area contributed by atoms with Crippen molar-refractivity contribution in [3.8, 4) is 0 Å². The van der Waals surface area contributed by atoms with Gasteiger partial charge in [-0.1, -0.05) is 19.0 Å². The van der Waals surface area contributed by atoms with Crippen LogP contribution in [0.25, 0.3) is 0 Å². The minimum absolute atomic E-state index is 0.117. The summed E-state index contributed by atoms with van der Waals surface area (Å²) in [5.74, 6) is 4.49. The smallest absolute Gasteiger partial charge is 0.233 e. The molecule has 1 aliphatic heterocycles. The zero-order valence-electron chi connectivity index (χ0n) is 15.3. The molecule has 1 aliphatic carbocycles. The Morgan fingerprint density at radius 3 is 2.72 bits per heavy atom. The Bertz CT molecular complexity index is 706. The molecule has 2 aliphatic rings. The second-order valence-electron chi connectivity index (χ2n) is 7.91. The topological polar surface area (TPSA) is 81.1 Å². The van der Waals surface area contributed by atoms with Crippen molar-refractivity contribution in [2.75, 3.05) is 13.1 Å². The Kier molecular flexibility index (Phi) is 4.58. The molecule has 1 saturated heterocycles. The molecular formula is C18H27N5O2. The lowest BCUT2D eigenvalue weighted by atomic mass is 9.96. The Morgan fingerprint density at radius 1 is 1.12 bits per heavy atom. The quantitative estimate of drug-likeness (QED) is 0.793. The number of piperidine rings is 1. The van der Waals surface area contributed by atoms with Crippen LogP contribution in [0.2, 0.25) is 0 Å². The molecule has 7 nitrogen and oxygen atoms in total. The van der Waals surface area contributed by atoms with Gasteiger partial charge in [-0.05, 0) is 45.1 Å². The monoisotopic (exact) mass is 345 g/mol. The van der Waals surface area contributed by atoms with Gasteiger partial charge in [0, 0.05) is 24.8 Å². The summed E-state index contributed by atoms with van der Waals surface area (Å²) in [6, 6.07) is 0.117. The molecule has 0 aromatic carbocycles. The van der Waals surface area contributed by atoms with Crippen molar-refractivity contribution < 1.29 is 8.94 Å². The third kappa shape index (κ3) is 3.76. The predicted octanol–water partition coefficient (Wildman–Crippen LogP) is 3.47. The average molecular weight is 345 g/mol. The molecule has 136 valence electrons. The highest BCUT2D eigenvalue weighted by atomic mass is 16.5. The van der Waals surface area contributed by atoms with Gasteiger partial charge in [0.05, 0.1) is 6.04 Å². The molecule has 25 heavy (non-hydrogen) atoms. The summed E-state index contributed by atoms with van der Waals surface area (Å²) in [6.07, 6.45) is 5.43. The van der Waals surface area contributed by atoms with Crippen molar-refractivity contribution in [3.05, 3.63) is 23.5 Å². The first kappa shape index (κ1) is 16.7. The largest absolute Gasteiger partial charge is 0.424 e. The number of hydrogen-bond acceptors (Lipinski definition) is 7.